The number of fused-ring (bicyclic) bond motifs is 3. The molecule has 2 aromatic carbocycles. The first kappa shape index (κ1) is 20.1. The molecule has 0 aliphatic rings. The van der Waals surface area contributed by atoms with Gasteiger partial charge in [-0.25, -0.2) is 0 Å². The molecule has 160 valence electrons. The summed E-state index contributed by atoms with van der Waals surface area (Å²) in [7, 11) is 1.64. The normalized spacial score (nSPS) is 11.2. The molecule has 8 heteroatoms. The van der Waals surface area contributed by atoms with Crippen LogP contribution in [0.4, 0.5) is 0 Å². The van der Waals surface area contributed by atoms with Crippen LogP contribution in [0.1, 0.15) is 26.4 Å². The Morgan fingerprint density at radius 2 is 1.91 bits per heavy atom. The van der Waals surface area contributed by atoms with E-state index in [4.69, 9.17) is 4.74 Å². The Labute approximate surface area is 188 Å². The molecule has 5 aromatic rings. The third-order valence-corrected chi connectivity index (χ3v) is 6.29. The van der Waals surface area contributed by atoms with E-state index < -0.39 is 0 Å². The van der Waals surface area contributed by atoms with Crippen LogP contribution < -0.4 is 4.74 Å². The number of aryl methyl sites for hydroxylation is 1. The van der Waals surface area contributed by atoms with Gasteiger partial charge in [0, 0.05) is 16.5 Å². The number of thiophene rings is 1. The molecule has 7 nitrogen and oxygen atoms in total. The summed E-state index contributed by atoms with van der Waals surface area (Å²) in [6, 6.07) is 19.7. The number of ether oxygens (including phenoxy) is 1. The number of rotatable bonds is 6. The van der Waals surface area contributed by atoms with Gasteiger partial charge in [0.15, 0.2) is 5.65 Å². The lowest BCUT2D eigenvalue weighted by Gasteiger charge is -2.24. The fourth-order valence-corrected chi connectivity index (χ4v) is 4.59. The molecule has 5 rings (SSSR count). The van der Waals surface area contributed by atoms with E-state index in [0.29, 0.717) is 23.6 Å². The van der Waals surface area contributed by atoms with E-state index in [2.05, 4.69) is 34.6 Å². The molecule has 0 aliphatic carbocycles. The fraction of sp³-hybridized carbons (Fsp3) is 0.167. The summed E-state index contributed by atoms with van der Waals surface area (Å²) in [5.74, 6) is 0.709. The summed E-state index contributed by atoms with van der Waals surface area (Å²) in [4.78, 5) is 15.9. The van der Waals surface area contributed by atoms with Gasteiger partial charge in [0.1, 0.15) is 5.75 Å². The highest BCUT2D eigenvalue weighted by Crippen LogP contribution is 2.26. The molecule has 32 heavy (non-hydrogen) atoms. The summed E-state index contributed by atoms with van der Waals surface area (Å²) in [6.45, 7) is 2.82. The summed E-state index contributed by atoms with van der Waals surface area (Å²) < 4.78 is 7.26. The molecule has 0 saturated carbocycles. The molecular formula is C24H21N5O2S. The Hall–Kier alpha value is -3.78. The van der Waals surface area contributed by atoms with Gasteiger partial charge in [-0.05, 0) is 53.1 Å². The number of carbonyl (C=O) groups is 1. The first-order valence-electron chi connectivity index (χ1n) is 10.2. The average Bonchev–Trinajstić information content (AvgIpc) is 3.51. The number of para-hydroxylation sites is 1. The maximum Gasteiger partial charge on any atom is 0.264 e. The molecule has 0 aliphatic heterocycles. The molecule has 3 heterocycles. The fourth-order valence-electron chi connectivity index (χ4n) is 3.90. The van der Waals surface area contributed by atoms with Crippen LogP contribution in [0.25, 0.3) is 16.6 Å². The van der Waals surface area contributed by atoms with Crippen molar-refractivity contribution in [3.8, 4) is 5.75 Å². The Bertz CT molecular complexity index is 1410. The third-order valence-electron chi connectivity index (χ3n) is 5.43. The van der Waals surface area contributed by atoms with E-state index >= 15 is 0 Å². The second-order valence-electron chi connectivity index (χ2n) is 7.60. The third kappa shape index (κ3) is 3.69. The molecule has 0 saturated heterocycles. The second-order valence-corrected chi connectivity index (χ2v) is 8.54. The zero-order valence-corrected chi connectivity index (χ0v) is 18.5. The Kier molecular flexibility index (Phi) is 5.28. The quantitative estimate of drug-likeness (QED) is 0.386. The average molecular weight is 444 g/mol. The minimum absolute atomic E-state index is 0.0409. The van der Waals surface area contributed by atoms with Crippen LogP contribution in [0.5, 0.6) is 5.75 Å². The number of amides is 1. The van der Waals surface area contributed by atoms with Gasteiger partial charge in [0.2, 0.25) is 0 Å². The molecule has 0 atom stereocenters. The number of methoxy groups -OCH3 is 1. The Morgan fingerprint density at radius 1 is 1.06 bits per heavy atom. The first-order valence-corrected chi connectivity index (χ1v) is 11.1. The van der Waals surface area contributed by atoms with Crippen molar-refractivity contribution in [1.82, 2.24) is 24.9 Å². The van der Waals surface area contributed by atoms with Crippen LogP contribution in [0, 0.1) is 6.92 Å². The zero-order valence-electron chi connectivity index (χ0n) is 17.7. The summed E-state index contributed by atoms with van der Waals surface area (Å²) in [6.07, 6.45) is 0. The van der Waals surface area contributed by atoms with Crippen LogP contribution in [0.2, 0.25) is 0 Å². The van der Waals surface area contributed by atoms with Crippen LogP contribution in [-0.2, 0) is 13.1 Å². The first-order chi connectivity index (χ1) is 15.6. The highest BCUT2D eigenvalue weighted by Gasteiger charge is 2.21. The van der Waals surface area contributed by atoms with Crippen molar-refractivity contribution in [2.45, 2.75) is 20.0 Å². The number of benzene rings is 2. The monoisotopic (exact) mass is 443 g/mol. The number of hydrogen-bond acceptors (Lipinski definition) is 6. The SMILES string of the molecule is COc1ccccc1CN(Cc1cc2cc(C)ccc2n2nnnc12)C(=O)c1cccs1. The summed E-state index contributed by atoms with van der Waals surface area (Å²) in [5.41, 5.74) is 4.54. The van der Waals surface area contributed by atoms with Gasteiger partial charge in [-0.15, -0.1) is 16.4 Å². The topological polar surface area (TPSA) is 72.6 Å². The molecule has 1 amide bonds. The van der Waals surface area contributed by atoms with Gasteiger partial charge in [0.25, 0.3) is 5.91 Å². The largest absolute Gasteiger partial charge is 0.496 e. The Balaban J connectivity index is 1.59. The predicted octanol–water partition coefficient (Wildman–Crippen LogP) is 4.50. The van der Waals surface area contributed by atoms with Crippen molar-refractivity contribution in [3.63, 3.8) is 0 Å². The minimum Gasteiger partial charge on any atom is -0.496 e. The molecule has 0 bridgehead atoms. The number of nitrogens with zero attached hydrogens (tertiary/aromatic N) is 5. The van der Waals surface area contributed by atoms with Crippen molar-refractivity contribution in [3.05, 3.63) is 87.6 Å². The molecule has 0 unspecified atom stereocenters. The van der Waals surface area contributed by atoms with Crippen molar-refractivity contribution in [1.29, 1.82) is 0 Å². The number of hydrogen-bond donors (Lipinski definition) is 0. The van der Waals surface area contributed by atoms with Crippen LogP contribution in [0.15, 0.2) is 66.0 Å². The van der Waals surface area contributed by atoms with Crippen molar-refractivity contribution >= 4 is 33.8 Å². The standard InChI is InChI=1S/C24H21N5O2S/c1-16-9-10-20-18(12-16)13-19(23-25-26-27-29(20)23)15-28(24(30)22-8-5-11-32-22)14-17-6-3-4-7-21(17)31-2/h3-13H,14-15H2,1-2H3. The molecular weight excluding hydrogens is 422 g/mol. The molecule has 0 spiro atoms. The Morgan fingerprint density at radius 3 is 2.72 bits per heavy atom. The maximum absolute atomic E-state index is 13.4. The highest BCUT2D eigenvalue weighted by atomic mass is 32.1. The van der Waals surface area contributed by atoms with Gasteiger partial charge in [-0.1, -0.05) is 35.9 Å². The van der Waals surface area contributed by atoms with E-state index in [-0.39, 0.29) is 5.91 Å². The molecule has 0 radical (unpaired) electrons. The minimum atomic E-state index is -0.0409. The van der Waals surface area contributed by atoms with Gasteiger partial charge < -0.3 is 9.64 Å². The lowest BCUT2D eigenvalue weighted by Crippen LogP contribution is -2.30. The zero-order chi connectivity index (χ0) is 22.1. The summed E-state index contributed by atoms with van der Waals surface area (Å²) >= 11 is 1.43. The van der Waals surface area contributed by atoms with Gasteiger partial charge >= 0.3 is 0 Å². The van der Waals surface area contributed by atoms with Crippen molar-refractivity contribution < 1.29 is 9.53 Å². The lowest BCUT2D eigenvalue weighted by molar-refractivity contribution is 0.0734. The smallest absolute Gasteiger partial charge is 0.264 e. The van der Waals surface area contributed by atoms with E-state index in [1.54, 1.807) is 11.6 Å². The molecule has 0 fully saturated rings. The van der Waals surface area contributed by atoms with Gasteiger partial charge in [0.05, 0.1) is 30.6 Å². The molecule has 3 aromatic heterocycles. The second kappa shape index (κ2) is 8.39. The van der Waals surface area contributed by atoms with E-state index in [0.717, 1.165) is 33.3 Å². The number of pyridine rings is 1. The van der Waals surface area contributed by atoms with Crippen LogP contribution >= 0.6 is 11.3 Å². The number of aromatic nitrogens is 4. The van der Waals surface area contributed by atoms with Gasteiger partial charge in [-0.2, -0.15) is 4.52 Å². The van der Waals surface area contributed by atoms with Crippen LogP contribution in [-0.4, -0.2) is 38.0 Å². The number of carbonyl (C=O) groups excluding carboxylic acids is 1. The molecule has 0 N–H and O–H groups in total. The predicted molar refractivity (Wildman–Crippen MR) is 124 cm³/mol. The van der Waals surface area contributed by atoms with Gasteiger partial charge in [-0.3, -0.25) is 4.79 Å². The van der Waals surface area contributed by atoms with E-state index in [9.17, 15) is 4.79 Å². The van der Waals surface area contributed by atoms with E-state index in [1.807, 2.05) is 58.8 Å². The van der Waals surface area contributed by atoms with E-state index in [1.165, 1.54) is 11.3 Å². The van der Waals surface area contributed by atoms with Crippen molar-refractivity contribution in [2.75, 3.05) is 7.11 Å². The summed E-state index contributed by atoms with van der Waals surface area (Å²) in [5, 5.41) is 15.3. The lowest BCUT2D eigenvalue weighted by atomic mass is 10.1. The van der Waals surface area contributed by atoms with Crippen molar-refractivity contribution in [2.24, 2.45) is 0 Å². The number of tetrazole rings is 1. The maximum atomic E-state index is 13.4. The highest BCUT2D eigenvalue weighted by molar-refractivity contribution is 7.12. The van der Waals surface area contributed by atoms with Crippen LogP contribution in [0.3, 0.4) is 0 Å².